The lowest BCUT2D eigenvalue weighted by Gasteiger charge is -2.19. The first-order valence-corrected chi connectivity index (χ1v) is 5.39. The summed E-state index contributed by atoms with van der Waals surface area (Å²) in [7, 11) is 0. The monoisotopic (exact) mass is 180 g/mol. The van der Waals surface area contributed by atoms with Crippen LogP contribution >= 0.6 is 0 Å². The molecule has 0 aromatic rings. The summed E-state index contributed by atoms with van der Waals surface area (Å²) in [6.45, 7) is 1.77. The maximum atomic E-state index is 5.67. The molecule has 3 rings (SSSR count). The Labute approximate surface area is 78.9 Å². The molecular formula is C11H16O2. The topological polar surface area (TPSA) is 21.8 Å². The predicted octanol–water partition coefficient (Wildman–Crippen LogP) is 2.25. The van der Waals surface area contributed by atoms with Crippen molar-refractivity contribution < 1.29 is 9.47 Å². The molecule has 2 aliphatic heterocycles. The van der Waals surface area contributed by atoms with Gasteiger partial charge >= 0.3 is 0 Å². The van der Waals surface area contributed by atoms with Crippen LogP contribution in [0.4, 0.5) is 0 Å². The molecule has 1 unspecified atom stereocenters. The van der Waals surface area contributed by atoms with E-state index in [2.05, 4.69) is 6.08 Å². The van der Waals surface area contributed by atoms with Gasteiger partial charge in [-0.3, -0.25) is 0 Å². The Morgan fingerprint density at radius 3 is 2.62 bits per heavy atom. The second-order valence-corrected chi connectivity index (χ2v) is 4.37. The smallest absolute Gasteiger partial charge is 0.151 e. The zero-order valence-electron chi connectivity index (χ0n) is 7.92. The molecule has 1 saturated heterocycles. The fraction of sp³-hybridized carbons (Fsp3) is 0.818. The molecule has 1 saturated carbocycles. The van der Waals surface area contributed by atoms with Crippen LogP contribution in [-0.4, -0.2) is 18.8 Å². The molecule has 2 heterocycles. The highest BCUT2D eigenvalue weighted by Crippen LogP contribution is 2.50. The van der Waals surface area contributed by atoms with Crippen LogP contribution in [0.15, 0.2) is 11.8 Å². The minimum Gasteiger partial charge on any atom is -0.495 e. The largest absolute Gasteiger partial charge is 0.495 e. The molecule has 0 amide bonds. The Kier molecular flexibility index (Phi) is 1.66. The van der Waals surface area contributed by atoms with Crippen LogP contribution in [0, 0.1) is 5.92 Å². The summed E-state index contributed by atoms with van der Waals surface area (Å²) in [6.07, 6.45) is 8.73. The lowest BCUT2D eigenvalue weighted by atomic mass is 9.89. The van der Waals surface area contributed by atoms with E-state index in [0.29, 0.717) is 0 Å². The summed E-state index contributed by atoms with van der Waals surface area (Å²) >= 11 is 0. The molecule has 0 radical (unpaired) electrons. The van der Waals surface area contributed by atoms with Crippen LogP contribution < -0.4 is 0 Å². The maximum absolute atomic E-state index is 5.67. The third kappa shape index (κ3) is 1.12. The standard InChI is InChI=1S/C11H16O2/c1-2-5-9(4-1)11(8-13-11)10-6-3-7-12-10/h6,9H,1-5,7-8H2. The van der Waals surface area contributed by atoms with Crippen LogP contribution in [0.25, 0.3) is 0 Å². The summed E-state index contributed by atoms with van der Waals surface area (Å²) in [5.74, 6) is 1.90. The summed E-state index contributed by atoms with van der Waals surface area (Å²) in [5, 5.41) is 0. The molecule has 0 bridgehead atoms. The van der Waals surface area contributed by atoms with Crippen molar-refractivity contribution in [3.05, 3.63) is 11.8 Å². The minimum absolute atomic E-state index is 0.0486. The lowest BCUT2D eigenvalue weighted by molar-refractivity contribution is 0.141. The second kappa shape index (κ2) is 2.74. The first-order chi connectivity index (χ1) is 6.42. The maximum Gasteiger partial charge on any atom is 0.151 e. The Balaban J connectivity index is 1.79. The first-order valence-electron chi connectivity index (χ1n) is 5.39. The van der Waals surface area contributed by atoms with E-state index in [1.807, 2.05) is 0 Å². The SMILES string of the molecule is C1=C(C2(C3CCCC3)CO2)OCC1. The van der Waals surface area contributed by atoms with Crippen molar-refractivity contribution in [1.29, 1.82) is 0 Å². The van der Waals surface area contributed by atoms with Gasteiger partial charge in [0.25, 0.3) is 0 Å². The van der Waals surface area contributed by atoms with E-state index in [0.717, 1.165) is 31.3 Å². The van der Waals surface area contributed by atoms with E-state index >= 15 is 0 Å². The molecule has 0 aromatic heterocycles. The summed E-state index contributed by atoms with van der Waals surface area (Å²) < 4.78 is 11.3. The molecular weight excluding hydrogens is 164 g/mol. The van der Waals surface area contributed by atoms with Crippen LogP contribution in [-0.2, 0) is 9.47 Å². The van der Waals surface area contributed by atoms with Gasteiger partial charge in [-0.15, -0.1) is 0 Å². The number of hydrogen-bond donors (Lipinski definition) is 0. The van der Waals surface area contributed by atoms with Gasteiger partial charge in [0, 0.05) is 6.42 Å². The molecule has 2 nitrogen and oxygen atoms in total. The summed E-state index contributed by atoms with van der Waals surface area (Å²) in [6, 6.07) is 0. The molecule has 1 atom stereocenters. The van der Waals surface area contributed by atoms with E-state index < -0.39 is 0 Å². The van der Waals surface area contributed by atoms with Crippen molar-refractivity contribution in [1.82, 2.24) is 0 Å². The molecule has 13 heavy (non-hydrogen) atoms. The highest BCUT2D eigenvalue weighted by Gasteiger charge is 2.56. The first kappa shape index (κ1) is 7.86. The van der Waals surface area contributed by atoms with E-state index in [1.54, 1.807) is 0 Å². The Bertz CT molecular complexity index is 234. The number of ether oxygens (including phenoxy) is 2. The zero-order valence-corrected chi connectivity index (χ0v) is 7.92. The Morgan fingerprint density at radius 1 is 1.31 bits per heavy atom. The molecule has 72 valence electrons. The average Bonchev–Trinajstić information content (AvgIpc) is 2.68. The van der Waals surface area contributed by atoms with Crippen molar-refractivity contribution in [2.24, 2.45) is 5.92 Å². The fourth-order valence-corrected chi connectivity index (χ4v) is 2.76. The molecule has 0 spiro atoms. The van der Waals surface area contributed by atoms with Gasteiger partial charge in [0.15, 0.2) is 5.60 Å². The van der Waals surface area contributed by atoms with Crippen molar-refractivity contribution in [3.8, 4) is 0 Å². The third-order valence-corrected chi connectivity index (χ3v) is 3.59. The van der Waals surface area contributed by atoms with Crippen LogP contribution in [0.3, 0.4) is 0 Å². The van der Waals surface area contributed by atoms with E-state index in [1.165, 1.54) is 25.7 Å². The number of rotatable bonds is 2. The number of epoxide rings is 1. The zero-order chi connectivity index (χ0) is 8.73. The fourth-order valence-electron chi connectivity index (χ4n) is 2.76. The van der Waals surface area contributed by atoms with Gasteiger partial charge in [-0.1, -0.05) is 12.8 Å². The molecule has 2 fully saturated rings. The van der Waals surface area contributed by atoms with Crippen LogP contribution in [0.2, 0.25) is 0 Å². The van der Waals surface area contributed by atoms with Gasteiger partial charge in [-0.25, -0.2) is 0 Å². The normalized spacial score (nSPS) is 38.9. The van der Waals surface area contributed by atoms with Crippen molar-refractivity contribution in [2.45, 2.75) is 37.7 Å². The van der Waals surface area contributed by atoms with Gasteiger partial charge in [0.2, 0.25) is 0 Å². The highest BCUT2D eigenvalue weighted by atomic mass is 16.6. The average molecular weight is 180 g/mol. The van der Waals surface area contributed by atoms with E-state index in [9.17, 15) is 0 Å². The number of hydrogen-bond acceptors (Lipinski definition) is 2. The molecule has 1 aliphatic carbocycles. The van der Waals surface area contributed by atoms with Crippen LogP contribution in [0.1, 0.15) is 32.1 Å². The lowest BCUT2D eigenvalue weighted by Crippen LogP contribution is -2.25. The molecule has 0 N–H and O–H groups in total. The highest BCUT2D eigenvalue weighted by molar-refractivity contribution is 5.23. The predicted molar refractivity (Wildman–Crippen MR) is 49.3 cm³/mol. The van der Waals surface area contributed by atoms with E-state index in [4.69, 9.17) is 9.47 Å². The summed E-state index contributed by atoms with van der Waals surface area (Å²) in [4.78, 5) is 0. The Morgan fingerprint density at radius 2 is 2.08 bits per heavy atom. The van der Waals surface area contributed by atoms with Gasteiger partial charge < -0.3 is 9.47 Å². The quantitative estimate of drug-likeness (QED) is 0.608. The van der Waals surface area contributed by atoms with Crippen molar-refractivity contribution in [2.75, 3.05) is 13.2 Å². The van der Waals surface area contributed by atoms with Crippen molar-refractivity contribution >= 4 is 0 Å². The third-order valence-electron chi connectivity index (χ3n) is 3.59. The molecule has 3 aliphatic rings. The Hall–Kier alpha value is -0.500. The summed E-state index contributed by atoms with van der Waals surface area (Å²) in [5.41, 5.74) is 0.0486. The van der Waals surface area contributed by atoms with Gasteiger partial charge in [0.1, 0.15) is 5.76 Å². The minimum atomic E-state index is 0.0486. The van der Waals surface area contributed by atoms with Gasteiger partial charge in [-0.2, -0.15) is 0 Å². The van der Waals surface area contributed by atoms with Crippen molar-refractivity contribution in [3.63, 3.8) is 0 Å². The second-order valence-electron chi connectivity index (χ2n) is 4.37. The molecule has 2 heteroatoms. The molecule has 0 aromatic carbocycles. The van der Waals surface area contributed by atoms with Gasteiger partial charge in [-0.05, 0) is 24.8 Å². The van der Waals surface area contributed by atoms with Crippen LogP contribution in [0.5, 0.6) is 0 Å². The van der Waals surface area contributed by atoms with Gasteiger partial charge in [0.05, 0.1) is 13.2 Å². The van der Waals surface area contributed by atoms with E-state index in [-0.39, 0.29) is 5.60 Å².